The topological polar surface area (TPSA) is 0 Å². The van der Waals surface area contributed by atoms with Crippen LogP contribution >= 0.6 is 47.0 Å². The summed E-state index contributed by atoms with van der Waals surface area (Å²) in [6, 6.07) is 14.2. The van der Waals surface area contributed by atoms with E-state index in [-0.39, 0.29) is 0 Å². The maximum absolute atomic E-state index is 2.47. The Hall–Kier alpha value is -0.160. The Morgan fingerprint density at radius 3 is 2.71 bits per heavy atom. The van der Waals surface area contributed by atoms with Crippen LogP contribution in [-0.2, 0) is 4.75 Å². The highest BCUT2D eigenvalue weighted by atomic mass is 32.2. The maximum Gasteiger partial charge on any atom is 0.0777 e. The van der Waals surface area contributed by atoms with Gasteiger partial charge in [0, 0.05) is 31.5 Å². The normalized spacial score (nSPS) is 55.0. The molecule has 8 unspecified atom stereocenters. The van der Waals surface area contributed by atoms with Crippen LogP contribution in [0.2, 0.25) is 0 Å². The van der Waals surface area contributed by atoms with Crippen molar-refractivity contribution in [2.75, 3.05) is 0 Å². The summed E-state index contributed by atoms with van der Waals surface area (Å²) < 4.78 is 0.898. The van der Waals surface area contributed by atoms with Crippen LogP contribution in [0, 0.1) is 0 Å². The minimum absolute atomic E-state index is 0.365. The summed E-state index contributed by atoms with van der Waals surface area (Å²) in [6.07, 6.45) is 0. The molecule has 7 aliphatic rings. The Morgan fingerprint density at radius 2 is 1.75 bits per heavy atom. The molecule has 116 valence electrons. The second kappa shape index (κ2) is 3.26. The summed E-state index contributed by atoms with van der Waals surface area (Å²) in [4.78, 5) is 0. The van der Waals surface area contributed by atoms with Crippen LogP contribution in [0.1, 0.15) is 11.1 Å². The molecule has 0 amide bonds. The van der Waals surface area contributed by atoms with Gasteiger partial charge in [-0.05, 0) is 33.0 Å². The number of hydrogen-bond donors (Lipinski definition) is 0. The first kappa shape index (κ1) is 12.3. The highest BCUT2D eigenvalue weighted by Gasteiger charge is 2.89. The quantitative estimate of drug-likeness (QED) is 0.604. The second-order valence-electron chi connectivity index (χ2n) is 8.15. The van der Waals surface area contributed by atoms with E-state index in [1.54, 1.807) is 22.1 Å². The zero-order chi connectivity index (χ0) is 15.0. The first-order valence-corrected chi connectivity index (χ1v) is 12.4. The number of thioether (sulfide) groups is 4. The van der Waals surface area contributed by atoms with Gasteiger partial charge in [0.1, 0.15) is 0 Å². The van der Waals surface area contributed by atoms with E-state index in [0.29, 0.717) is 9.49 Å². The van der Waals surface area contributed by atoms with E-state index in [1.165, 1.54) is 5.39 Å². The van der Waals surface area contributed by atoms with Gasteiger partial charge in [-0.25, -0.2) is 0 Å². The minimum Gasteiger partial charge on any atom is -0.150 e. The van der Waals surface area contributed by atoms with Gasteiger partial charge in [-0.15, -0.1) is 47.0 Å². The molecule has 0 nitrogen and oxygen atoms in total. The molecule has 1 saturated carbocycles. The fraction of sp³-hybridized carbons (Fsp3) is 0.400. The summed E-state index contributed by atoms with van der Waals surface area (Å²) in [6.45, 7) is 0. The molecule has 2 spiro atoms. The third-order valence-corrected chi connectivity index (χ3v) is 14.2. The van der Waals surface area contributed by atoms with E-state index >= 15 is 0 Å². The first-order valence-electron chi connectivity index (χ1n) is 8.80. The Morgan fingerprint density at radius 1 is 0.833 bits per heavy atom. The lowest BCUT2D eigenvalue weighted by molar-refractivity contribution is 0.559. The van der Waals surface area contributed by atoms with Crippen LogP contribution in [-0.4, -0.2) is 36.2 Å². The van der Waals surface area contributed by atoms with Crippen LogP contribution in [0.15, 0.2) is 42.0 Å². The molecule has 4 aliphatic heterocycles. The standard InChI is InChI=1S/C20H12S4/c1-3-7-4-2-6-9-10(7)8(5-1)11-12-13(21-12)17-20(24-17)15(11)19(9)18(23-19)14-16(20)22-14/h1-6,12-14,16-18H. The molecule has 2 aromatic rings. The molecule has 2 aromatic carbocycles. The van der Waals surface area contributed by atoms with Crippen molar-refractivity contribution < 1.29 is 0 Å². The van der Waals surface area contributed by atoms with Crippen LogP contribution in [0.3, 0.4) is 0 Å². The Balaban J connectivity index is 1.54. The van der Waals surface area contributed by atoms with Gasteiger partial charge in [-0.1, -0.05) is 36.4 Å². The third kappa shape index (κ3) is 0.991. The van der Waals surface area contributed by atoms with Crippen LogP contribution < -0.4 is 0 Å². The van der Waals surface area contributed by atoms with Gasteiger partial charge >= 0.3 is 0 Å². The van der Waals surface area contributed by atoms with E-state index in [2.05, 4.69) is 83.4 Å². The molecule has 9 rings (SSSR count). The highest BCUT2D eigenvalue weighted by molar-refractivity contribution is 8.18. The molecular formula is C20H12S4. The molecule has 0 aromatic heterocycles. The van der Waals surface area contributed by atoms with Crippen molar-refractivity contribution >= 4 is 63.4 Å². The SMILES string of the molecule is c1cc2c3c(cccc3c1)C13SC1C1SC1C14SC1C1SC1C2=C34. The zero-order valence-corrected chi connectivity index (χ0v) is 15.8. The lowest BCUT2D eigenvalue weighted by Crippen LogP contribution is -2.45. The van der Waals surface area contributed by atoms with E-state index in [1.807, 2.05) is 5.57 Å². The van der Waals surface area contributed by atoms with E-state index < -0.39 is 0 Å². The monoisotopic (exact) mass is 380 g/mol. The Bertz CT molecular complexity index is 1080. The highest BCUT2D eigenvalue weighted by Crippen LogP contribution is 2.92. The molecule has 8 atom stereocenters. The van der Waals surface area contributed by atoms with Crippen molar-refractivity contribution in [1.29, 1.82) is 0 Å². The van der Waals surface area contributed by atoms with Crippen molar-refractivity contribution in [3.63, 3.8) is 0 Å². The van der Waals surface area contributed by atoms with Gasteiger partial charge in [-0.3, -0.25) is 0 Å². The summed E-state index contributed by atoms with van der Waals surface area (Å²) >= 11 is 9.28. The van der Waals surface area contributed by atoms with Gasteiger partial charge in [-0.2, -0.15) is 0 Å². The molecule has 3 aliphatic carbocycles. The van der Waals surface area contributed by atoms with Crippen molar-refractivity contribution in [1.82, 2.24) is 0 Å². The van der Waals surface area contributed by atoms with Gasteiger partial charge in [0.05, 0.1) is 9.49 Å². The predicted molar refractivity (Wildman–Crippen MR) is 108 cm³/mol. The molecule has 24 heavy (non-hydrogen) atoms. The molecule has 0 N–H and O–H groups in total. The number of fused-ring (bicyclic) bond motifs is 6. The van der Waals surface area contributed by atoms with Crippen LogP contribution in [0.5, 0.6) is 0 Å². The lowest BCUT2D eigenvalue weighted by Gasteiger charge is -2.39. The van der Waals surface area contributed by atoms with Gasteiger partial charge in [0.15, 0.2) is 0 Å². The average molecular weight is 381 g/mol. The van der Waals surface area contributed by atoms with Gasteiger partial charge < -0.3 is 0 Å². The first-order chi connectivity index (χ1) is 11.9. The molecule has 0 bridgehead atoms. The Kier molecular flexibility index (Phi) is 1.66. The Labute approximate surface area is 157 Å². The summed E-state index contributed by atoms with van der Waals surface area (Å²) in [5, 5.41) is 8.49. The largest absolute Gasteiger partial charge is 0.150 e. The fourth-order valence-electron chi connectivity index (χ4n) is 6.37. The smallest absolute Gasteiger partial charge is 0.0777 e. The van der Waals surface area contributed by atoms with Crippen molar-refractivity contribution in [2.24, 2.45) is 0 Å². The molecule has 0 radical (unpaired) electrons. The summed E-state index contributed by atoms with van der Waals surface area (Å²) in [5.41, 5.74) is 7.00. The van der Waals surface area contributed by atoms with Crippen LogP contribution in [0.4, 0.5) is 0 Å². The molecular weight excluding hydrogens is 368 g/mol. The maximum atomic E-state index is 2.47. The molecule has 4 heteroatoms. The number of benzene rings is 2. The predicted octanol–water partition coefficient (Wildman–Crippen LogP) is 4.77. The third-order valence-electron chi connectivity index (χ3n) is 7.33. The van der Waals surface area contributed by atoms with Crippen molar-refractivity contribution in [3.05, 3.63) is 53.1 Å². The molecule has 4 heterocycles. The van der Waals surface area contributed by atoms with E-state index in [9.17, 15) is 0 Å². The number of hydrogen-bond acceptors (Lipinski definition) is 4. The molecule has 5 fully saturated rings. The fourth-order valence-corrected chi connectivity index (χ4v) is 14.2. The zero-order valence-electron chi connectivity index (χ0n) is 12.6. The molecule has 4 saturated heterocycles. The van der Waals surface area contributed by atoms with Crippen molar-refractivity contribution in [3.8, 4) is 0 Å². The van der Waals surface area contributed by atoms with E-state index in [4.69, 9.17) is 0 Å². The summed E-state index contributed by atoms with van der Waals surface area (Å²) in [7, 11) is 0. The van der Waals surface area contributed by atoms with Crippen LogP contribution in [0.25, 0.3) is 16.3 Å². The lowest BCUT2D eigenvalue weighted by atomic mass is 9.62. The minimum atomic E-state index is 0.365. The summed E-state index contributed by atoms with van der Waals surface area (Å²) in [5.74, 6) is 0. The second-order valence-corrected chi connectivity index (χ2v) is 13.6. The van der Waals surface area contributed by atoms with Gasteiger partial charge in [0.2, 0.25) is 0 Å². The van der Waals surface area contributed by atoms with Gasteiger partial charge in [0.25, 0.3) is 0 Å². The average Bonchev–Trinajstić information content (AvgIpc) is 3.46. The van der Waals surface area contributed by atoms with E-state index in [0.717, 1.165) is 31.5 Å². The van der Waals surface area contributed by atoms with Crippen molar-refractivity contribution in [2.45, 2.75) is 41.0 Å². The number of rotatable bonds is 0.